The van der Waals surface area contributed by atoms with E-state index in [0.717, 1.165) is 32.1 Å². The van der Waals surface area contributed by atoms with Crippen LogP contribution in [0.25, 0.3) is 0 Å². The number of carbonyl (C=O) groups is 1. The van der Waals surface area contributed by atoms with Crippen LogP contribution in [0.4, 0.5) is 0 Å². The number of hydrogen-bond acceptors (Lipinski definition) is 2. The first-order chi connectivity index (χ1) is 7.27. The summed E-state index contributed by atoms with van der Waals surface area (Å²) in [7, 11) is 0. The summed E-state index contributed by atoms with van der Waals surface area (Å²) in [6, 6.07) is 2.33. The van der Waals surface area contributed by atoms with Gasteiger partial charge in [-0.2, -0.15) is 5.26 Å². The number of unbranched alkanes of at least 4 members (excludes halogenated alkanes) is 1. The number of amides is 1. The fourth-order valence-corrected chi connectivity index (χ4v) is 2.14. The van der Waals surface area contributed by atoms with E-state index >= 15 is 0 Å². The van der Waals surface area contributed by atoms with E-state index < -0.39 is 0 Å². The topological polar surface area (TPSA) is 52.9 Å². The smallest absolute Gasteiger partial charge is 0.220 e. The SMILES string of the molecule is N#CC1CCCC1NC(=O)CCCCCl. The van der Waals surface area contributed by atoms with E-state index in [4.69, 9.17) is 16.9 Å². The molecule has 84 valence electrons. The minimum atomic E-state index is 0.0157. The third kappa shape index (κ3) is 4.09. The lowest BCUT2D eigenvalue weighted by atomic mass is 10.1. The predicted molar refractivity (Wildman–Crippen MR) is 59.5 cm³/mol. The summed E-state index contributed by atoms with van der Waals surface area (Å²) in [6.45, 7) is 0. The zero-order valence-electron chi connectivity index (χ0n) is 8.84. The van der Waals surface area contributed by atoms with Crippen LogP contribution < -0.4 is 5.32 Å². The lowest BCUT2D eigenvalue weighted by molar-refractivity contribution is -0.122. The average Bonchev–Trinajstić information content (AvgIpc) is 2.65. The van der Waals surface area contributed by atoms with Crippen LogP contribution in [0.15, 0.2) is 0 Å². The molecule has 1 fully saturated rings. The Bertz CT molecular complexity index is 249. The minimum absolute atomic E-state index is 0.0157. The van der Waals surface area contributed by atoms with Crippen molar-refractivity contribution in [1.29, 1.82) is 5.26 Å². The van der Waals surface area contributed by atoms with Crippen LogP contribution in [-0.2, 0) is 4.79 Å². The molecule has 0 aromatic carbocycles. The highest BCUT2D eigenvalue weighted by molar-refractivity contribution is 6.17. The third-order valence-corrected chi connectivity index (χ3v) is 3.08. The molecule has 0 spiro atoms. The molecule has 15 heavy (non-hydrogen) atoms. The molecule has 0 aromatic heterocycles. The molecule has 1 saturated carbocycles. The molecule has 1 N–H and O–H groups in total. The van der Waals surface area contributed by atoms with Crippen LogP contribution >= 0.6 is 11.6 Å². The van der Waals surface area contributed by atoms with E-state index in [0.29, 0.717) is 12.3 Å². The number of nitrogens with zero attached hydrogens (tertiary/aromatic N) is 1. The number of nitriles is 1. The van der Waals surface area contributed by atoms with Crippen molar-refractivity contribution in [3.63, 3.8) is 0 Å². The Kier molecular flexibility index (Phi) is 5.49. The summed E-state index contributed by atoms with van der Waals surface area (Å²) in [6.07, 6.45) is 5.15. The van der Waals surface area contributed by atoms with Crippen molar-refractivity contribution in [2.24, 2.45) is 5.92 Å². The van der Waals surface area contributed by atoms with Crippen LogP contribution in [0.2, 0.25) is 0 Å². The first-order valence-corrected chi connectivity index (χ1v) is 6.06. The molecular weight excluding hydrogens is 212 g/mol. The van der Waals surface area contributed by atoms with Gasteiger partial charge in [-0.25, -0.2) is 0 Å². The summed E-state index contributed by atoms with van der Waals surface area (Å²) < 4.78 is 0. The highest BCUT2D eigenvalue weighted by Crippen LogP contribution is 2.24. The zero-order chi connectivity index (χ0) is 11.1. The number of hydrogen-bond donors (Lipinski definition) is 1. The van der Waals surface area contributed by atoms with E-state index in [-0.39, 0.29) is 17.9 Å². The van der Waals surface area contributed by atoms with Gasteiger partial charge in [-0.1, -0.05) is 0 Å². The summed E-state index contributed by atoms with van der Waals surface area (Å²) in [5.74, 6) is 0.687. The molecule has 4 heteroatoms. The zero-order valence-corrected chi connectivity index (χ0v) is 9.59. The number of halogens is 1. The summed E-state index contributed by atoms with van der Waals surface area (Å²) >= 11 is 5.53. The Hall–Kier alpha value is -0.750. The minimum Gasteiger partial charge on any atom is -0.352 e. The third-order valence-electron chi connectivity index (χ3n) is 2.82. The Morgan fingerprint density at radius 3 is 2.93 bits per heavy atom. The van der Waals surface area contributed by atoms with Crippen LogP contribution in [0.3, 0.4) is 0 Å². The normalized spacial score (nSPS) is 24.8. The maximum atomic E-state index is 11.5. The Labute approximate surface area is 95.8 Å². The molecule has 0 heterocycles. The van der Waals surface area contributed by atoms with Gasteiger partial charge in [-0.05, 0) is 32.1 Å². The van der Waals surface area contributed by atoms with Gasteiger partial charge >= 0.3 is 0 Å². The van der Waals surface area contributed by atoms with Crippen molar-refractivity contribution in [2.75, 3.05) is 5.88 Å². The van der Waals surface area contributed by atoms with Crippen LogP contribution in [-0.4, -0.2) is 17.8 Å². The standard InChI is InChI=1S/C11H17ClN2O/c12-7-2-1-6-11(15)14-10-5-3-4-9(10)8-13/h9-10H,1-7H2,(H,14,15). The van der Waals surface area contributed by atoms with Crippen molar-refractivity contribution in [1.82, 2.24) is 5.32 Å². The lowest BCUT2D eigenvalue weighted by Gasteiger charge is -2.15. The second-order valence-corrected chi connectivity index (χ2v) is 4.36. The van der Waals surface area contributed by atoms with Gasteiger partial charge in [0.15, 0.2) is 0 Å². The first kappa shape index (κ1) is 12.3. The molecule has 2 unspecified atom stereocenters. The van der Waals surface area contributed by atoms with Crippen molar-refractivity contribution in [3.8, 4) is 6.07 Å². The summed E-state index contributed by atoms with van der Waals surface area (Å²) in [5.41, 5.74) is 0. The number of alkyl halides is 1. The number of rotatable bonds is 5. The maximum Gasteiger partial charge on any atom is 0.220 e. The van der Waals surface area contributed by atoms with E-state index in [1.807, 2.05) is 0 Å². The van der Waals surface area contributed by atoms with Gasteiger partial charge < -0.3 is 5.32 Å². The largest absolute Gasteiger partial charge is 0.352 e. The van der Waals surface area contributed by atoms with Gasteiger partial charge in [0.05, 0.1) is 12.0 Å². The molecule has 0 radical (unpaired) electrons. The van der Waals surface area contributed by atoms with E-state index in [9.17, 15) is 4.79 Å². The van der Waals surface area contributed by atoms with E-state index in [2.05, 4.69) is 11.4 Å². The van der Waals surface area contributed by atoms with Crippen molar-refractivity contribution in [2.45, 2.75) is 44.6 Å². The summed E-state index contributed by atoms with van der Waals surface area (Å²) in [5, 5.41) is 11.8. The fourth-order valence-electron chi connectivity index (χ4n) is 1.95. The quantitative estimate of drug-likeness (QED) is 0.580. The fraction of sp³-hybridized carbons (Fsp3) is 0.818. The van der Waals surface area contributed by atoms with Gasteiger partial charge in [-0.3, -0.25) is 4.79 Å². The van der Waals surface area contributed by atoms with Gasteiger partial charge in [-0.15, -0.1) is 11.6 Å². The molecule has 1 aliphatic carbocycles. The molecule has 1 amide bonds. The lowest BCUT2D eigenvalue weighted by Crippen LogP contribution is -2.36. The second-order valence-electron chi connectivity index (χ2n) is 3.99. The Morgan fingerprint density at radius 2 is 2.27 bits per heavy atom. The number of carbonyl (C=O) groups excluding carboxylic acids is 1. The van der Waals surface area contributed by atoms with Crippen LogP contribution in [0, 0.1) is 17.2 Å². The van der Waals surface area contributed by atoms with Crippen LogP contribution in [0.5, 0.6) is 0 Å². The molecule has 0 aliphatic heterocycles. The molecule has 2 atom stereocenters. The highest BCUT2D eigenvalue weighted by atomic mass is 35.5. The second kappa shape index (κ2) is 6.68. The monoisotopic (exact) mass is 228 g/mol. The first-order valence-electron chi connectivity index (χ1n) is 5.53. The van der Waals surface area contributed by atoms with Crippen molar-refractivity contribution < 1.29 is 4.79 Å². The molecule has 0 aromatic rings. The van der Waals surface area contributed by atoms with Gasteiger partial charge in [0.2, 0.25) is 5.91 Å². The Balaban J connectivity index is 2.22. The molecule has 0 saturated heterocycles. The van der Waals surface area contributed by atoms with Gasteiger partial charge in [0, 0.05) is 18.3 Å². The number of nitrogens with one attached hydrogen (secondary N) is 1. The molecule has 3 nitrogen and oxygen atoms in total. The highest BCUT2D eigenvalue weighted by Gasteiger charge is 2.27. The molecule has 1 rings (SSSR count). The van der Waals surface area contributed by atoms with Gasteiger partial charge in [0.25, 0.3) is 0 Å². The predicted octanol–water partition coefficient (Wildman–Crippen LogP) is 2.20. The van der Waals surface area contributed by atoms with E-state index in [1.54, 1.807) is 0 Å². The van der Waals surface area contributed by atoms with Crippen LogP contribution in [0.1, 0.15) is 38.5 Å². The molecule has 0 bridgehead atoms. The maximum absolute atomic E-state index is 11.5. The van der Waals surface area contributed by atoms with Crippen molar-refractivity contribution >= 4 is 17.5 Å². The van der Waals surface area contributed by atoms with E-state index in [1.165, 1.54) is 0 Å². The molecule has 1 aliphatic rings. The summed E-state index contributed by atoms with van der Waals surface area (Å²) in [4.78, 5) is 11.5. The van der Waals surface area contributed by atoms with Gasteiger partial charge in [0.1, 0.15) is 0 Å². The van der Waals surface area contributed by atoms with Crippen molar-refractivity contribution in [3.05, 3.63) is 0 Å². The molecular formula is C11H17ClN2O. The Morgan fingerprint density at radius 1 is 1.47 bits per heavy atom. The average molecular weight is 229 g/mol.